The molecule has 9 nitrogen and oxygen atoms in total. The van der Waals surface area contributed by atoms with Crippen LogP contribution in [0.4, 0.5) is 22.7 Å². The number of hydrogen-bond acceptors (Lipinski definition) is 8. The van der Waals surface area contributed by atoms with E-state index in [9.17, 15) is 10.1 Å². The van der Waals surface area contributed by atoms with E-state index >= 15 is 0 Å². The normalized spacial score (nSPS) is 10.5. The first-order valence-electron chi connectivity index (χ1n) is 12.1. The van der Waals surface area contributed by atoms with Crippen molar-refractivity contribution in [3.63, 3.8) is 0 Å². The predicted molar refractivity (Wildman–Crippen MR) is 150 cm³/mol. The third kappa shape index (κ3) is 5.52. The quantitative estimate of drug-likeness (QED) is 0.156. The molecule has 0 amide bonds. The van der Waals surface area contributed by atoms with Gasteiger partial charge in [-0.2, -0.15) is 0 Å². The topological polar surface area (TPSA) is 92.5 Å². The lowest BCUT2D eigenvalue weighted by atomic mass is 9.98. The Morgan fingerprint density at radius 1 is 0.641 bits per heavy atom. The van der Waals surface area contributed by atoms with Gasteiger partial charge in [0.15, 0.2) is 0 Å². The summed E-state index contributed by atoms with van der Waals surface area (Å²) in [5.74, 6) is 3.02. The molecule has 0 fully saturated rings. The van der Waals surface area contributed by atoms with Crippen LogP contribution in [-0.2, 0) is 6.42 Å². The van der Waals surface area contributed by atoms with Crippen molar-refractivity contribution in [2.45, 2.75) is 6.42 Å². The summed E-state index contributed by atoms with van der Waals surface area (Å²) in [7, 11) is 7.94. The van der Waals surface area contributed by atoms with Gasteiger partial charge in [0, 0.05) is 41.4 Å². The molecule has 4 rings (SSSR count). The maximum Gasteiger partial charge on any atom is 0.271 e. The van der Waals surface area contributed by atoms with Gasteiger partial charge in [0.05, 0.1) is 51.8 Å². The van der Waals surface area contributed by atoms with Gasteiger partial charge in [0.25, 0.3) is 5.69 Å². The van der Waals surface area contributed by atoms with E-state index in [4.69, 9.17) is 23.7 Å². The highest BCUT2D eigenvalue weighted by atomic mass is 16.6. The molecule has 9 heteroatoms. The summed E-state index contributed by atoms with van der Waals surface area (Å²) in [5.41, 5.74) is 3.45. The molecule has 0 saturated heterocycles. The highest BCUT2D eigenvalue weighted by Gasteiger charge is 2.25. The second-order valence-electron chi connectivity index (χ2n) is 8.43. The third-order valence-corrected chi connectivity index (χ3v) is 6.38. The van der Waals surface area contributed by atoms with E-state index in [1.165, 1.54) is 19.2 Å². The maximum atomic E-state index is 11.8. The van der Waals surface area contributed by atoms with Gasteiger partial charge in [-0.1, -0.05) is 18.2 Å². The fraction of sp³-hybridized carbons (Fsp3) is 0.200. The summed E-state index contributed by atoms with van der Waals surface area (Å²) >= 11 is 0. The number of nitro groups is 1. The molecule has 0 radical (unpaired) electrons. The van der Waals surface area contributed by atoms with Gasteiger partial charge in [-0.15, -0.1) is 0 Å². The van der Waals surface area contributed by atoms with E-state index in [0.29, 0.717) is 46.5 Å². The molecule has 0 N–H and O–H groups in total. The van der Waals surface area contributed by atoms with Crippen molar-refractivity contribution < 1.29 is 28.6 Å². The number of nitro benzene ring substituents is 1. The van der Waals surface area contributed by atoms with Crippen LogP contribution in [0.15, 0.2) is 78.9 Å². The summed E-state index contributed by atoms with van der Waals surface area (Å²) < 4.78 is 28.3. The van der Waals surface area contributed by atoms with Crippen LogP contribution in [0, 0.1) is 10.1 Å². The van der Waals surface area contributed by atoms with Crippen LogP contribution in [0.25, 0.3) is 0 Å². The van der Waals surface area contributed by atoms with Gasteiger partial charge < -0.3 is 28.6 Å². The Hall–Kier alpha value is -4.92. The molecular weight excluding hydrogens is 500 g/mol. The molecule has 0 bridgehead atoms. The molecule has 0 spiro atoms. The fourth-order valence-electron chi connectivity index (χ4n) is 4.54. The Labute approximate surface area is 227 Å². The number of benzene rings is 4. The largest absolute Gasteiger partial charge is 0.497 e. The second kappa shape index (κ2) is 12.1. The minimum Gasteiger partial charge on any atom is -0.497 e. The number of ether oxygens (including phenoxy) is 5. The Morgan fingerprint density at radius 2 is 1.23 bits per heavy atom. The average molecular weight is 531 g/mol. The fourth-order valence-corrected chi connectivity index (χ4v) is 4.54. The molecule has 0 aromatic heterocycles. The summed E-state index contributed by atoms with van der Waals surface area (Å²) in [4.78, 5) is 13.2. The van der Waals surface area contributed by atoms with Gasteiger partial charge in [0.1, 0.15) is 28.7 Å². The highest BCUT2D eigenvalue weighted by Crippen LogP contribution is 2.47. The van der Waals surface area contributed by atoms with Crippen LogP contribution in [0.3, 0.4) is 0 Å². The van der Waals surface area contributed by atoms with Crippen molar-refractivity contribution in [2.75, 3.05) is 40.4 Å². The van der Waals surface area contributed by atoms with E-state index in [1.807, 2.05) is 65.6 Å². The summed E-state index contributed by atoms with van der Waals surface area (Å²) in [5, 5.41) is 11.8. The van der Waals surface area contributed by atoms with Crippen molar-refractivity contribution in [2.24, 2.45) is 0 Å². The number of anilines is 3. The Balaban J connectivity index is 2.04. The smallest absolute Gasteiger partial charge is 0.271 e. The molecule has 0 unspecified atom stereocenters. The Morgan fingerprint density at radius 3 is 1.82 bits per heavy atom. The first kappa shape index (κ1) is 27.1. The lowest BCUT2D eigenvalue weighted by molar-refractivity contribution is -0.384. The first-order chi connectivity index (χ1) is 18.9. The first-order valence-corrected chi connectivity index (χ1v) is 12.1. The maximum absolute atomic E-state index is 11.8. The van der Waals surface area contributed by atoms with E-state index < -0.39 is 4.92 Å². The van der Waals surface area contributed by atoms with Gasteiger partial charge in [0.2, 0.25) is 0 Å². The Kier molecular flexibility index (Phi) is 8.40. The van der Waals surface area contributed by atoms with Crippen LogP contribution in [-0.4, -0.2) is 40.5 Å². The summed E-state index contributed by atoms with van der Waals surface area (Å²) in [6, 6.07) is 23.2. The number of non-ortho nitro benzene ring substituents is 1. The van der Waals surface area contributed by atoms with Crippen molar-refractivity contribution in [1.82, 2.24) is 0 Å². The molecule has 0 aliphatic heterocycles. The van der Waals surface area contributed by atoms with Crippen molar-refractivity contribution in [3.05, 3.63) is 100 Å². The van der Waals surface area contributed by atoms with Crippen LogP contribution in [0.5, 0.6) is 28.7 Å². The van der Waals surface area contributed by atoms with Crippen molar-refractivity contribution in [3.8, 4) is 28.7 Å². The molecular formula is C30H30N2O7. The van der Waals surface area contributed by atoms with Crippen LogP contribution >= 0.6 is 0 Å². The average Bonchev–Trinajstić information content (AvgIpc) is 2.97. The number of rotatable bonds is 11. The number of methoxy groups -OCH3 is 5. The molecule has 0 aliphatic carbocycles. The lowest BCUT2D eigenvalue weighted by Gasteiger charge is -2.30. The van der Waals surface area contributed by atoms with Crippen LogP contribution in [0.1, 0.15) is 11.1 Å². The molecule has 4 aromatic carbocycles. The summed E-state index contributed by atoms with van der Waals surface area (Å²) in [6.07, 6.45) is 0.379. The molecule has 0 saturated carbocycles. The molecule has 4 aromatic rings. The standard InChI is InChI=1S/C30H30N2O7/c1-35-22-10-6-9-20(17-22)31(26-18-21(32(33)34)15-16-30(26)39-5)25-11-7-12-27(36-2)23(25)19-24-28(37-3)13-8-14-29(24)38-4/h6-18H,19H2,1-5H3. The van der Waals surface area contributed by atoms with Crippen molar-refractivity contribution in [1.29, 1.82) is 0 Å². The lowest BCUT2D eigenvalue weighted by Crippen LogP contribution is -2.15. The monoisotopic (exact) mass is 530 g/mol. The third-order valence-electron chi connectivity index (χ3n) is 6.38. The minimum absolute atomic E-state index is 0.0745. The highest BCUT2D eigenvalue weighted by molar-refractivity contribution is 5.84. The summed E-state index contributed by atoms with van der Waals surface area (Å²) in [6.45, 7) is 0. The van der Waals surface area contributed by atoms with E-state index in [0.717, 1.165) is 16.8 Å². The van der Waals surface area contributed by atoms with Gasteiger partial charge in [-0.05, 0) is 42.5 Å². The Bertz CT molecular complexity index is 1450. The zero-order valence-corrected chi connectivity index (χ0v) is 22.5. The molecule has 202 valence electrons. The van der Waals surface area contributed by atoms with Crippen LogP contribution in [0.2, 0.25) is 0 Å². The molecule has 0 heterocycles. The van der Waals surface area contributed by atoms with E-state index in [1.54, 1.807) is 34.5 Å². The van der Waals surface area contributed by atoms with E-state index in [-0.39, 0.29) is 5.69 Å². The molecule has 39 heavy (non-hydrogen) atoms. The predicted octanol–water partition coefficient (Wildman–Crippen LogP) is 6.70. The van der Waals surface area contributed by atoms with Gasteiger partial charge in [-0.3, -0.25) is 10.1 Å². The molecule has 0 aliphatic rings. The SMILES string of the molecule is COc1cccc(N(c2cc([N+](=O)[O-])ccc2OC)c2cccc(OC)c2Cc2c(OC)cccc2OC)c1. The second-order valence-corrected chi connectivity index (χ2v) is 8.43. The van der Waals surface area contributed by atoms with Gasteiger partial charge >= 0.3 is 0 Å². The van der Waals surface area contributed by atoms with Crippen molar-refractivity contribution >= 4 is 22.7 Å². The van der Waals surface area contributed by atoms with Crippen LogP contribution < -0.4 is 28.6 Å². The minimum atomic E-state index is -0.432. The zero-order chi connectivity index (χ0) is 27.9. The zero-order valence-electron chi connectivity index (χ0n) is 22.5. The number of hydrogen-bond donors (Lipinski definition) is 0. The van der Waals surface area contributed by atoms with E-state index in [2.05, 4.69) is 0 Å². The van der Waals surface area contributed by atoms with Gasteiger partial charge in [-0.25, -0.2) is 0 Å². The number of nitrogens with zero attached hydrogens (tertiary/aromatic N) is 2. The molecule has 0 atom stereocenters.